The van der Waals surface area contributed by atoms with Crippen molar-refractivity contribution in [2.24, 2.45) is 11.7 Å². The van der Waals surface area contributed by atoms with Gasteiger partial charge in [-0.1, -0.05) is 13.0 Å². The number of carbonyl (C=O) groups is 3. The molecule has 1 saturated heterocycles. The fourth-order valence-corrected chi connectivity index (χ4v) is 5.26. The van der Waals surface area contributed by atoms with E-state index in [-0.39, 0.29) is 11.6 Å². The average molecular weight is 630 g/mol. The van der Waals surface area contributed by atoms with Crippen molar-refractivity contribution in [2.45, 2.75) is 38.0 Å². The topological polar surface area (TPSA) is 199 Å². The normalized spacial score (nSPS) is 20.7. The number of carbonyl (C=O) groups excluding carboxylic acids is 1. The summed E-state index contributed by atoms with van der Waals surface area (Å²) in [4.78, 5) is 42.5. The van der Waals surface area contributed by atoms with Crippen molar-refractivity contribution in [3.05, 3.63) is 83.1 Å². The molecule has 15 heteroatoms. The van der Waals surface area contributed by atoms with Crippen LogP contribution >= 0.6 is 0 Å². The van der Waals surface area contributed by atoms with Gasteiger partial charge in [0.25, 0.3) is 5.91 Å². The molecule has 2 aromatic heterocycles. The summed E-state index contributed by atoms with van der Waals surface area (Å²) in [6.45, 7) is 2.64. The highest BCUT2D eigenvalue weighted by Crippen LogP contribution is 2.41. The number of pyridine rings is 2. The lowest BCUT2D eigenvalue weighted by atomic mass is 9.92. The van der Waals surface area contributed by atoms with Gasteiger partial charge in [-0.05, 0) is 37.1 Å². The maximum Gasteiger partial charge on any atom is 0.328 e. The molecule has 4 atom stereocenters. The number of aromatic nitrogens is 2. The highest BCUT2D eigenvalue weighted by Gasteiger charge is 2.36. The number of aliphatic hydroxyl groups is 2. The van der Waals surface area contributed by atoms with E-state index in [9.17, 15) is 37.8 Å². The lowest BCUT2D eigenvalue weighted by Crippen LogP contribution is -2.56. The van der Waals surface area contributed by atoms with Crippen LogP contribution in [0.2, 0.25) is 0 Å². The molecule has 1 fully saturated rings. The zero-order chi connectivity index (χ0) is 33.0. The number of benzene rings is 1. The first-order valence-corrected chi connectivity index (χ1v) is 13.7. The minimum Gasteiger partial charge on any atom is -0.478 e. The molecule has 2 aliphatic rings. The Morgan fingerprint density at radius 1 is 1.00 bits per heavy atom. The van der Waals surface area contributed by atoms with E-state index in [4.69, 9.17) is 15.9 Å². The number of aliphatic carboxylic acids is 2. The number of anilines is 2. The number of nitrogens with zero attached hydrogens (tertiary/aromatic N) is 3. The molecule has 1 aliphatic heterocycles. The third kappa shape index (κ3) is 7.45. The van der Waals surface area contributed by atoms with Crippen molar-refractivity contribution in [1.29, 1.82) is 0 Å². The number of rotatable bonds is 6. The molecule has 1 aromatic carbocycles. The summed E-state index contributed by atoms with van der Waals surface area (Å²) >= 11 is 0. The van der Waals surface area contributed by atoms with E-state index < -0.39 is 64.8 Å². The zero-order valence-corrected chi connectivity index (χ0v) is 23.8. The van der Waals surface area contributed by atoms with Crippen LogP contribution in [0.4, 0.5) is 24.5 Å². The molecule has 0 saturated carbocycles. The number of carboxylic acids is 2. The van der Waals surface area contributed by atoms with Crippen LogP contribution in [0.25, 0.3) is 11.3 Å². The Hall–Kier alpha value is -4.86. The summed E-state index contributed by atoms with van der Waals surface area (Å²) in [5.74, 6) is -6.41. The van der Waals surface area contributed by atoms with Crippen LogP contribution in [0, 0.1) is 23.4 Å². The van der Waals surface area contributed by atoms with E-state index in [2.05, 4.69) is 15.3 Å². The lowest BCUT2D eigenvalue weighted by molar-refractivity contribution is -0.134. The lowest BCUT2D eigenvalue weighted by Gasteiger charge is -2.41. The van der Waals surface area contributed by atoms with Gasteiger partial charge in [0.15, 0.2) is 0 Å². The molecule has 0 unspecified atom stereocenters. The number of hydrogen-bond donors (Lipinski definition) is 6. The number of aliphatic hydroxyl groups excluding tert-OH is 2. The molecular formula is C30H30F3N5O7. The standard InChI is InChI=1S/C26H26F3N5O3.C4H4O4/c1-12-10-34(11-17(30)25(12)36)24-13-5-8-20(35)22(13)31-9-19(24)33-26(37)18-7-6-16(29)23(32-18)21-14(27)3-2-4-15(21)28;5-3(6)1-2-4(7)8/h2-4,6-7,9,12,17,20,25,35-36H,5,8,10-11,30H2,1H3,(H,33,37);1-2H,(H,5,6)(H,7,8)/b;2-1-/t12-,17+,20+,25+;/m0./s1. The van der Waals surface area contributed by atoms with Gasteiger partial charge < -0.3 is 36.4 Å². The zero-order valence-electron chi connectivity index (χ0n) is 23.8. The Morgan fingerprint density at radius 3 is 2.24 bits per heavy atom. The summed E-state index contributed by atoms with van der Waals surface area (Å²) in [5.41, 5.74) is 6.85. The maximum atomic E-state index is 14.5. The maximum absolute atomic E-state index is 14.5. The van der Waals surface area contributed by atoms with E-state index >= 15 is 0 Å². The van der Waals surface area contributed by atoms with Gasteiger partial charge in [0.1, 0.15) is 28.8 Å². The highest BCUT2D eigenvalue weighted by molar-refractivity contribution is 6.05. The molecule has 45 heavy (non-hydrogen) atoms. The van der Waals surface area contributed by atoms with Gasteiger partial charge in [0.2, 0.25) is 0 Å². The third-order valence-corrected chi connectivity index (χ3v) is 7.34. The quantitative estimate of drug-likeness (QED) is 0.219. The second-order valence-electron chi connectivity index (χ2n) is 10.6. The van der Waals surface area contributed by atoms with Gasteiger partial charge in [-0.2, -0.15) is 0 Å². The average Bonchev–Trinajstić information content (AvgIpc) is 3.35. The van der Waals surface area contributed by atoms with E-state index in [1.54, 1.807) is 0 Å². The van der Waals surface area contributed by atoms with Gasteiger partial charge in [-0.15, -0.1) is 0 Å². The summed E-state index contributed by atoms with van der Waals surface area (Å²) in [5, 5.41) is 39.1. The largest absolute Gasteiger partial charge is 0.478 e. The molecule has 12 nitrogen and oxygen atoms in total. The predicted molar refractivity (Wildman–Crippen MR) is 155 cm³/mol. The van der Waals surface area contributed by atoms with Gasteiger partial charge in [0, 0.05) is 42.8 Å². The Kier molecular flexibility index (Phi) is 10.2. The Morgan fingerprint density at radius 2 is 1.64 bits per heavy atom. The number of halogens is 3. The van der Waals surface area contributed by atoms with Crippen LogP contribution in [0.3, 0.4) is 0 Å². The van der Waals surface area contributed by atoms with Crippen molar-refractivity contribution in [2.75, 3.05) is 23.3 Å². The third-order valence-electron chi connectivity index (χ3n) is 7.34. The van der Waals surface area contributed by atoms with E-state index in [0.717, 1.165) is 35.9 Å². The number of carboxylic acid groups (broad SMARTS) is 2. The van der Waals surface area contributed by atoms with Crippen LogP contribution in [-0.2, 0) is 16.0 Å². The van der Waals surface area contributed by atoms with Crippen molar-refractivity contribution < 1.29 is 48.0 Å². The van der Waals surface area contributed by atoms with E-state index in [0.29, 0.717) is 55.2 Å². The van der Waals surface area contributed by atoms with Crippen LogP contribution in [0.15, 0.2) is 48.7 Å². The summed E-state index contributed by atoms with van der Waals surface area (Å²) in [7, 11) is 0. The highest BCUT2D eigenvalue weighted by atomic mass is 19.1. The summed E-state index contributed by atoms with van der Waals surface area (Å²) in [6, 6.07) is 4.61. The van der Waals surface area contributed by atoms with Gasteiger partial charge in [-0.25, -0.2) is 27.7 Å². The summed E-state index contributed by atoms with van der Waals surface area (Å²) in [6.07, 6.45) is 2.11. The fourth-order valence-electron chi connectivity index (χ4n) is 5.26. The number of nitrogens with two attached hydrogens (primary N) is 1. The second-order valence-corrected chi connectivity index (χ2v) is 10.6. The predicted octanol–water partition coefficient (Wildman–Crippen LogP) is 2.65. The molecule has 3 heterocycles. The number of fused-ring (bicyclic) bond motifs is 1. The SMILES string of the molecule is C[C@H]1CN(c2c(NC(=O)c3ccc(F)c(-c4c(F)cccc4F)n3)cnc3c2CC[C@H]3O)C[C@@H](N)[C@@H]1O.O=C(O)/C=C\C(=O)O. The van der Waals surface area contributed by atoms with Crippen LogP contribution < -0.4 is 16.0 Å². The summed E-state index contributed by atoms with van der Waals surface area (Å²) < 4.78 is 43.1. The molecule has 7 N–H and O–H groups in total. The first-order chi connectivity index (χ1) is 21.3. The van der Waals surface area contributed by atoms with Crippen molar-refractivity contribution in [1.82, 2.24) is 9.97 Å². The number of amides is 1. The number of hydrogen-bond acceptors (Lipinski definition) is 9. The first-order valence-electron chi connectivity index (χ1n) is 13.7. The Balaban J connectivity index is 0.000000510. The molecule has 238 valence electrons. The number of nitrogens with one attached hydrogen (secondary N) is 1. The van der Waals surface area contributed by atoms with Crippen LogP contribution in [-0.4, -0.2) is 73.5 Å². The molecule has 3 aromatic rings. The Labute approximate surface area is 254 Å². The first kappa shape index (κ1) is 33.0. The number of piperidine rings is 1. The smallest absolute Gasteiger partial charge is 0.328 e. The van der Waals surface area contributed by atoms with E-state index in [1.807, 2.05) is 11.8 Å². The molecule has 0 bridgehead atoms. The minimum absolute atomic E-state index is 0.153. The van der Waals surface area contributed by atoms with Gasteiger partial charge in [0.05, 0.1) is 41.0 Å². The van der Waals surface area contributed by atoms with Crippen molar-refractivity contribution in [3.8, 4) is 11.3 Å². The molecule has 1 amide bonds. The minimum atomic E-state index is -1.26. The van der Waals surface area contributed by atoms with Crippen molar-refractivity contribution in [3.63, 3.8) is 0 Å². The molecule has 0 spiro atoms. The second kappa shape index (κ2) is 13.8. The van der Waals surface area contributed by atoms with Crippen LogP contribution in [0.1, 0.15) is 41.2 Å². The van der Waals surface area contributed by atoms with Crippen LogP contribution in [0.5, 0.6) is 0 Å². The molecule has 1 aliphatic carbocycles. The molecule has 5 rings (SSSR count). The molecular weight excluding hydrogens is 599 g/mol. The Bertz CT molecular complexity index is 1610. The van der Waals surface area contributed by atoms with Crippen molar-refractivity contribution >= 4 is 29.2 Å². The molecule has 0 radical (unpaired) electrons. The van der Waals surface area contributed by atoms with Gasteiger partial charge >= 0.3 is 11.9 Å². The van der Waals surface area contributed by atoms with Gasteiger partial charge in [-0.3, -0.25) is 9.78 Å². The fraction of sp³-hybridized carbons (Fsp3) is 0.300. The monoisotopic (exact) mass is 629 g/mol. The van der Waals surface area contributed by atoms with E-state index in [1.165, 1.54) is 6.20 Å².